The molecule has 0 N–H and O–H groups in total. The van der Waals surface area contributed by atoms with E-state index in [0.717, 1.165) is 10.6 Å². The van der Waals surface area contributed by atoms with E-state index in [9.17, 15) is 9.59 Å². The van der Waals surface area contributed by atoms with Gasteiger partial charge in [-0.25, -0.2) is 14.6 Å². The fourth-order valence-corrected chi connectivity index (χ4v) is 2.09. The first-order valence-corrected chi connectivity index (χ1v) is 5.85. The van der Waals surface area contributed by atoms with E-state index in [1.807, 2.05) is 0 Å². The van der Waals surface area contributed by atoms with Crippen LogP contribution >= 0.6 is 11.3 Å². The Bertz CT molecular complexity index is 493. The van der Waals surface area contributed by atoms with Crippen molar-refractivity contribution >= 4 is 29.4 Å². The number of carbonyl (C=O) groups excluding carboxylic acids is 2. The second-order valence-corrected chi connectivity index (χ2v) is 4.93. The van der Waals surface area contributed by atoms with Crippen molar-refractivity contribution in [1.29, 1.82) is 0 Å². The zero-order valence-electron chi connectivity index (χ0n) is 9.64. The quantitative estimate of drug-likeness (QED) is 0.432. The second-order valence-electron chi connectivity index (χ2n) is 4.04. The summed E-state index contributed by atoms with van der Waals surface area (Å²) in [6.45, 7) is 4.82. The van der Waals surface area contributed by atoms with Crippen molar-refractivity contribution in [1.82, 2.24) is 4.98 Å². The first kappa shape index (κ1) is 11.8. The lowest BCUT2D eigenvalue weighted by atomic mass is 10.2. The third-order valence-corrected chi connectivity index (χ3v) is 3.05. The molecule has 90 valence electrons. The molecular formula is C11H11NO4S. The molecule has 1 saturated heterocycles. The number of rotatable bonds is 1. The molecule has 0 radical (unpaired) electrons. The maximum atomic E-state index is 11.7. The topological polar surface area (TPSA) is 65.5 Å². The average molecular weight is 253 g/mol. The standard InChI is InChI=1S/C11H11NO4S/c1-6-8(17-5-12-6)4-7-9(13)15-11(2,3)16-10(7)14/h4-5H,1-3H3. The summed E-state index contributed by atoms with van der Waals surface area (Å²) in [4.78, 5) is 28.1. The van der Waals surface area contributed by atoms with Crippen LogP contribution in [0.1, 0.15) is 24.4 Å². The lowest BCUT2D eigenvalue weighted by Crippen LogP contribution is -2.41. The van der Waals surface area contributed by atoms with Gasteiger partial charge in [-0.1, -0.05) is 0 Å². The molecule has 0 atom stereocenters. The van der Waals surface area contributed by atoms with Crippen LogP contribution in [-0.2, 0) is 19.1 Å². The van der Waals surface area contributed by atoms with Gasteiger partial charge < -0.3 is 9.47 Å². The Kier molecular flexibility index (Phi) is 2.74. The van der Waals surface area contributed by atoms with E-state index < -0.39 is 17.7 Å². The van der Waals surface area contributed by atoms with Crippen LogP contribution in [0.25, 0.3) is 6.08 Å². The molecule has 0 aliphatic carbocycles. The SMILES string of the molecule is Cc1ncsc1C=C1C(=O)OC(C)(C)OC1=O. The van der Waals surface area contributed by atoms with Gasteiger partial charge in [-0.3, -0.25) is 0 Å². The smallest absolute Gasteiger partial charge is 0.348 e. The van der Waals surface area contributed by atoms with Gasteiger partial charge in [0.2, 0.25) is 0 Å². The summed E-state index contributed by atoms with van der Waals surface area (Å²) in [7, 11) is 0. The largest absolute Gasteiger partial charge is 0.419 e. The molecule has 1 aliphatic rings. The lowest BCUT2D eigenvalue weighted by Gasteiger charge is -2.29. The number of esters is 2. The van der Waals surface area contributed by atoms with Crippen LogP contribution in [0.2, 0.25) is 0 Å². The molecule has 17 heavy (non-hydrogen) atoms. The molecule has 0 amide bonds. The van der Waals surface area contributed by atoms with E-state index in [-0.39, 0.29) is 5.57 Å². The molecule has 6 heteroatoms. The van der Waals surface area contributed by atoms with Crippen molar-refractivity contribution < 1.29 is 19.1 Å². The van der Waals surface area contributed by atoms with Gasteiger partial charge in [-0.05, 0) is 13.0 Å². The number of aromatic nitrogens is 1. The minimum absolute atomic E-state index is 0.100. The van der Waals surface area contributed by atoms with Crippen LogP contribution in [0.15, 0.2) is 11.1 Å². The fourth-order valence-electron chi connectivity index (χ4n) is 1.36. The van der Waals surface area contributed by atoms with Crippen molar-refractivity contribution in [2.24, 2.45) is 0 Å². The van der Waals surface area contributed by atoms with Crippen LogP contribution in [0, 0.1) is 6.92 Å². The molecule has 2 rings (SSSR count). The minimum Gasteiger partial charge on any atom is -0.419 e. The van der Waals surface area contributed by atoms with E-state index in [0.29, 0.717) is 0 Å². The predicted octanol–water partition coefficient (Wildman–Crippen LogP) is 1.67. The zero-order chi connectivity index (χ0) is 12.6. The predicted molar refractivity (Wildman–Crippen MR) is 61.1 cm³/mol. The van der Waals surface area contributed by atoms with Gasteiger partial charge in [0.05, 0.1) is 16.1 Å². The van der Waals surface area contributed by atoms with Gasteiger partial charge in [0.25, 0.3) is 5.79 Å². The third-order valence-electron chi connectivity index (χ3n) is 2.17. The molecule has 0 aromatic carbocycles. The van der Waals surface area contributed by atoms with Crippen molar-refractivity contribution in [3.05, 3.63) is 21.7 Å². The van der Waals surface area contributed by atoms with Gasteiger partial charge in [0.15, 0.2) is 0 Å². The molecule has 5 nitrogen and oxygen atoms in total. The number of carbonyl (C=O) groups is 2. The van der Waals surface area contributed by atoms with Crippen LogP contribution < -0.4 is 0 Å². The zero-order valence-corrected chi connectivity index (χ0v) is 10.5. The van der Waals surface area contributed by atoms with Crippen LogP contribution in [0.5, 0.6) is 0 Å². The minimum atomic E-state index is -1.20. The molecule has 0 saturated carbocycles. The first-order chi connectivity index (χ1) is 7.89. The highest BCUT2D eigenvalue weighted by Gasteiger charge is 2.38. The van der Waals surface area contributed by atoms with Crippen molar-refractivity contribution in [2.45, 2.75) is 26.6 Å². The average Bonchev–Trinajstić information content (AvgIpc) is 2.56. The Morgan fingerprint density at radius 1 is 1.29 bits per heavy atom. The number of ether oxygens (including phenoxy) is 2. The molecule has 0 unspecified atom stereocenters. The summed E-state index contributed by atoms with van der Waals surface area (Å²) in [6.07, 6.45) is 1.45. The van der Waals surface area contributed by atoms with E-state index in [1.165, 1.54) is 31.3 Å². The van der Waals surface area contributed by atoms with E-state index in [2.05, 4.69) is 4.98 Å². The molecular weight excluding hydrogens is 242 g/mol. The Labute approximate surface area is 102 Å². The fraction of sp³-hybridized carbons (Fsp3) is 0.364. The van der Waals surface area contributed by atoms with Crippen LogP contribution in [0.3, 0.4) is 0 Å². The normalized spacial score (nSPS) is 18.6. The molecule has 0 bridgehead atoms. The Hall–Kier alpha value is -1.69. The molecule has 2 heterocycles. The number of thiazole rings is 1. The van der Waals surface area contributed by atoms with Crippen molar-refractivity contribution in [3.8, 4) is 0 Å². The van der Waals surface area contributed by atoms with Crippen molar-refractivity contribution in [3.63, 3.8) is 0 Å². The van der Waals surface area contributed by atoms with Gasteiger partial charge in [0.1, 0.15) is 5.57 Å². The van der Waals surface area contributed by atoms with Crippen LogP contribution in [-0.4, -0.2) is 22.7 Å². The number of hydrogen-bond acceptors (Lipinski definition) is 6. The van der Waals surface area contributed by atoms with E-state index in [4.69, 9.17) is 9.47 Å². The van der Waals surface area contributed by atoms with Crippen LogP contribution in [0.4, 0.5) is 0 Å². The summed E-state index contributed by atoms with van der Waals surface area (Å²) in [5, 5.41) is 0. The third kappa shape index (κ3) is 2.36. The summed E-state index contributed by atoms with van der Waals surface area (Å²) < 4.78 is 9.96. The number of aryl methyl sites for hydroxylation is 1. The Morgan fingerprint density at radius 2 is 1.88 bits per heavy atom. The van der Waals surface area contributed by atoms with Gasteiger partial charge in [-0.2, -0.15) is 0 Å². The summed E-state index contributed by atoms with van der Waals surface area (Å²) in [6, 6.07) is 0. The Balaban J connectivity index is 2.34. The maximum Gasteiger partial charge on any atom is 0.348 e. The molecule has 1 aliphatic heterocycles. The molecule has 1 aromatic rings. The maximum absolute atomic E-state index is 11.7. The summed E-state index contributed by atoms with van der Waals surface area (Å²) in [5.41, 5.74) is 2.30. The highest BCUT2D eigenvalue weighted by atomic mass is 32.1. The summed E-state index contributed by atoms with van der Waals surface area (Å²) in [5.74, 6) is -2.54. The number of cyclic esters (lactones) is 2. The highest BCUT2D eigenvalue weighted by Crippen LogP contribution is 2.25. The number of hydrogen-bond donors (Lipinski definition) is 0. The lowest BCUT2D eigenvalue weighted by molar-refractivity contribution is -0.222. The van der Waals surface area contributed by atoms with E-state index >= 15 is 0 Å². The summed E-state index contributed by atoms with van der Waals surface area (Å²) >= 11 is 1.34. The van der Waals surface area contributed by atoms with Gasteiger partial charge in [0, 0.05) is 13.8 Å². The Morgan fingerprint density at radius 3 is 2.35 bits per heavy atom. The van der Waals surface area contributed by atoms with Crippen molar-refractivity contribution in [2.75, 3.05) is 0 Å². The monoisotopic (exact) mass is 253 g/mol. The number of nitrogens with zero attached hydrogens (tertiary/aromatic N) is 1. The van der Waals surface area contributed by atoms with Gasteiger partial charge >= 0.3 is 11.9 Å². The second kappa shape index (κ2) is 3.96. The highest BCUT2D eigenvalue weighted by molar-refractivity contribution is 7.10. The molecule has 0 spiro atoms. The molecule has 1 fully saturated rings. The van der Waals surface area contributed by atoms with Gasteiger partial charge in [-0.15, -0.1) is 11.3 Å². The van der Waals surface area contributed by atoms with E-state index in [1.54, 1.807) is 12.4 Å². The molecule has 1 aromatic heterocycles. The first-order valence-electron chi connectivity index (χ1n) is 4.97.